The summed E-state index contributed by atoms with van der Waals surface area (Å²) in [7, 11) is 0. The maximum Gasteiger partial charge on any atom is 0.389 e. The van der Waals surface area contributed by atoms with Crippen molar-refractivity contribution >= 4 is 17.4 Å². The summed E-state index contributed by atoms with van der Waals surface area (Å²) in [4.78, 5) is 12.6. The molecule has 0 aliphatic carbocycles. The number of nitrogens with zero attached hydrogens (tertiary/aromatic N) is 4. The summed E-state index contributed by atoms with van der Waals surface area (Å²) in [5.74, 6) is -0.118. The average Bonchev–Trinajstić information content (AvgIpc) is 3.03. The molecule has 1 saturated heterocycles. The molecule has 0 saturated carbocycles. The first-order valence-corrected chi connectivity index (χ1v) is 7.90. The molecule has 1 atom stereocenters. The van der Waals surface area contributed by atoms with Gasteiger partial charge in [0.25, 0.3) is 0 Å². The van der Waals surface area contributed by atoms with E-state index < -0.39 is 4.92 Å². The van der Waals surface area contributed by atoms with E-state index in [2.05, 4.69) is 15.3 Å². The zero-order valence-electron chi connectivity index (χ0n) is 12.6. The van der Waals surface area contributed by atoms with Gasteiger partial charge < -0.3 is 15.4 Å². The second-order valence-corrected chi connectivity index (χ2v) is 5.88. The van der Waals surface area contributed by atoms with Gasteiger partial charge in [-0.1, -0.05) is 29.8 Å². The minimum atomic E-state index is -0.478. The van der Waals surface area contributed by atoms with Gasteiger partial charge in [0, 0.05) is 37.2 Å². The first kappa shape index (κ1) is 15.9. The van der Waals surface area contributed by atoms with Crippen molar-refractivity contribution in [2.45, 2.75) is 12.6 Å². The largest absolute Gasteiger partial charge is 0.389 e. The minimum Gasteiger partial charge on any atom is -0.358 e. The van der Waals surface area contributed by atoms with E-state index in [1.807, 2.05) is 24.3 Å². The van der Waals surface area contributed by atoms with Crippen molar-refractivity contribution in [3.05, 3.63) is 57.2 Å². The summed E-state index contributed by atoms with van der Waals surface area (Å²) in [5.41, 5.74) is 1.10. The quantitative estimate of drug-likeness (QED) is 0.669. The second-order valence-electron chi connectivity index (χ2n) is 5.47. The van der Waals surface area contributed by atoms with Crippen LogP contribution in [0.15, 0.2) is 36.5 Å². The number of piperazine rings is 1. The SMILES string of the molecule is O=[N+]([O-])c1ccn(CCN2CCNCC2c2ccccc2Cl)n1. The number of benzene rings is 1. The average molecular weight is 336 g/mol. The highest BCUT2D eigenvalue weighted by molar-refractivity contribution is 6.31. The fourth-order valence-electron chi connectivity index (χ4n) is 2.87. The molecule has 7 nitrogen and oxygen atoms in total. The van der Waals surface area contributed by atoms with Gasteiger partial charge in [0.1, 0.15) is 0 Å². The van der Waals surface area contributed by atoms with Crippen LogP contribution in [0.4, 0.5) is 5.82 Å². The van der Waals surface area contributed by atoms with Crippen LogP contribution in [0.25, 0.3) is 0 Å². The van der Waals surface area contributed by atoms with Crippen molar-refractivity contribution in [2.75, 3.05) is 26.2 Å². The molecule has 2 aromatic rings. The normalized spacial score (nSPS) is 18.9. The molecular weight excluding hydrogens is 318 g/mol. The number of hydrogen-bond acceptors (Lipinski definition) is 5. The highest BCUT2D eigenvalue weighted by Crippen LogP contribution is 2.28. The molecule has 1 N–H and O–H groups in total. The molecule has 1 aliphatic rings. The molecule has 8 heteroatoms. The zero-order valence-corrected chi connectivity index (χ0v) is 13.3. The van der Waals surface area contributed by atoms with Crippen LogP contribution in [0.5, 0.6) is 0 Å². The smallest absolute Gasteiger partial charge is 0.358 e. The number of nitrogens with one attached hydrogen (secondary N) is 1. The molecule has 1 aliphatic heterocycles. The van der Waals surface area contributed by atoms with Gasteiger partial charge in [-0.25, -0.2) is 0 Å². The van der Waals surface area contributed by atoms with Crippen LogP contribution in [0.3, 0.4) is 0 Å². The summed E-state index contributed by atoms with van der Waals surface area (Å²) in [5, 5.41) is 18.8. The molecule has 3 rings (SSSR count). The molecule has 0 bridgehead atoms. The Balaban J connectivity index is 1.69. The monoisotopic (exact) mass is 335 g/mol. The van der Waals surface area contributed by atoms with Gasteiger partial charge in [-0.05, 0) is 16.6 Å². The Kier molecular flexibility index (Phi) is 4.90. The van der Waals surface area contributed by atoms with Gasteiger partial charge in [0.05, 0.1) is 23.9 Å². The Morgan fingerprint density at radius 2 is 2.17 bits per heavy atom. The third-order valence-corrected chi connectivity index (χ3v) is 4.39. The summed E-state index contributed by atoms with van der Waals surface area (Å²) < 4.78 is 1.61. The lowest BCUT2D eigenvalue weighted by Gasteiger charge is -2.36. The Morgan fingerprint density at radius 3 is 2.91 bits per heavy atom. The van der Waals surface area contributed by atoms with Crippen molar-refractivity contribution in [3.63, 3.8) is 0 Å². The van der Waals surface area contributed by atoms with Crippen LogP contribution < -0.4 is 5.32 Å². The van der Waals surface area contributed by atoms with Gasteiger partial charge in [-0.2, -0.15) is 4.68 Å². The molecule has 1 unspecified atom stereocenters. The number of rotatable bonds is 5. The Morgan fingerprint density at radius 1 is 1.35 bits per heavy atom. The van der Waals surface area contributed by atoms with Crippen LogP contribution in [0.1, 0.15) is 11.6 Å². The Bertz CT molecular complexity index is 690. The molecule has 1 aromatic carbocycles. The maximum absolute atomic E-state index is 10.7. The first-order valence-electron chi connectivity index (χ1n) is 7.52. The maximum atomic E-state index is 10.7. The lowest BCUT2D eigenvalue weighted by Crippen LogP contribution is -2.47. The number of halogens is 1. The zero-order chi connectivity index (χ0) is 16.2. The molecule has 1 aromatic heterocycles. The molecule has 1 fully saturated rings. The number of hydrogen-bond donors (Lipinski definition) is 1. The van der Waals surface area contributed by atoms with E-state index in [4.69, 9.17) is 11.6 Å². The minimum absolute atomic E-state index is 0.118. The fourth-order valence-corrected chi connectivity index (χ4v) is 3.13. The van der Waals surface area contributed by atoms with E-state index in [-0.39, 0.29) is 11.9 Å². The van der Waals surface area contributed by atoms with E-state index in [0.29, 0.717) is 6.54 Å². The van der Waals surface area contributed by atoms with Gasteiger partial charge in [0.2, 0.25) is 0 Å². The second kappa shape index (κ2) is 7.08. The summed E-state index contributed by atoms with van der Waals surface area (Å²) in [6.07, 6.45) is 1.64. The molecule has 0 radical (unpaired) electrons. The van der Waals surface area contributed by atoms with E-state index in [1.54, 1.807) is 10.9 Å². The van der Waals surface area contributed by atoms with Crippen molar-refractivity contribution in [2.24, 2.45) is 0 Å². The standard InChI is InChI=1S/C15H18ClN5O2/c16-13-4-2-1-3-12(13)14-11-17-6-8-19(14)9-10-20-7-5-15(18-20)21(22)23/h1-5,7,14,17H,6,8-11H2. The number of nitro groups is 1. The molecule has 0 spiro atoms. The predicted molar refractivity (Wildman–Crippen MR) is 87.5 cm³/mol. The third-order valence-electron chi connectivity index (χ3n) is 4.05. The third kappa shape index (κ3) is 3.69. The van der Waals surface area contributed by atoms with Crippen molar-refractivity contribution in [1.29, 1.82) is 0 Å². The highest BCUT2D eigenvalue weighted by atomic mass is 35.5. The molecular formula is C15H18ClN5O2. The Labute approximate surface area is 139 Å². The molecule has 2 heterocycles. The lowest BCUT2D eigenvalue weighted by atomic mass is 10.0. The molecule has 122 valence electrons. The van der Waals surface area contributed by atoms with Gasteiger partial charge >= 0.3 is 5.82 Å². The summed E-state index contributed by atoms with van der Waals surface area (Å²) in [6.45, 7) is 4.02. The van der Waals surface area contributed by atoms with Crippen LogP contribution in [0, 0.1) is 10.1 Å². The van der Waals surface area contributed by atoms with E-state index in [1.165, 1.54) is 6.07 Å². The van der Waals surface area contributed by atoms with Gasteiger partial charge in [-0.15, -0.1) is 0 Å². The summed E-state index contributed by atoms with van der Waals surface area (Å²) >= 11 is 6.33. The van der Waals surface area contributed by atoms with Crippen LogP contribution >= 0.6 is 11.6 Å². The van der Waals surface area contributed by atoms with E-state index in [0.717, 1.165) is 36.8 Å². The van der Waals surface area contributed by atoms with Crippen molar-refractivity contribution in [3.8, 4) is 0 Å². The topological polar surface area (TPSA) is 76.2 Å². The van der Waals surface area contributed by atoms with Crippen molar-refractivity contribution < 1.29 is 4.92 Å². The Hall–Kier alpha value is -1.96. The molecule has 0 amide bonds. The van der Waals surface area contributed by atoms with Crippen LogP contribution in [-0.2, 0) is 6.54 Å². The summed E-state index contributed by atoms with van der Waals surface area (Å²) in [6, 6.07) is 9.48. The van der Waals surface area contributed by atoms with Crippen LogP contribution in [0.2, 0.25) is 5.02 Å². The van der Waals surface area contributed by atoms with Gasteiger partial charge in [0.15, 0.2) is 0 Å². The fraction of sp³-hybridized carbons (Fsp3) is 0.400. The first-order chi connectivity index (χ1) is 11.1. The van der Waals surface area contributed by atoms with Crippen molar-refractivity contribution in [1.82, 2.24) is 20.0 Å². The predicted octanol–water partition coefficient (Wildman–Crippen LogP) is 2.09. The molecule has 23 heavy (non-hydrogen) atoms. The van der Waals surface area contributed by atoms with E-state index >= 15 is 0 Å². The highest BCUT2D eigenvalue weighted by Gasteiger charge is 2.25. The number of aromatic nitrogens is 2. The van der Waals surface area contributed by atoms with E-state index in [9.17, 15) is 10.1 Å². The lowest BCUT2D eigenvalue weighted by molar-refractivity contribution is -0.389. The van der Waals surface area contributed by atoms with Crippen LogP contribution in [-0.4, -0.2) is 45.8 Å². The van der Waals surface area contributed by atoms with Gasteiger partial charge in [-0.3, -0.25) is 4.90 Å².